The normalized spacial score (nSPS) is 10.5. The maximum Gasteiger partial charge on any atom is 0.338 e. The quantitative estimate of drug-likeness (QED) is 0.649. The van der Waals surface area contributed by atoms with Crippen LogP contribution in [0.25, 0.3) is 11.3 Å². The van der Waals surface area contributed by atoms with Crippen LogP contribution in [0.15, 0.2) is 53.1 Å². The number of benzene rings is 2. The van der Waals surface area contributed by atoms with Crippen LogP contribution in [0, 0.1) is 13.8 Å². The Hall–Kier alpha value is -3.08. The van der Waals surface area contributed by atoms with Crippen molar-refractivity contribution in [3.8, 4) is 17.1 Å². The molecule has 0 spiro atoms. The number of ether oxygens (including phenoxy) is 2. The lowest BCUT2D eigenvalue weighted by molar-refractivity contribution is 0.0464. The lowest BCUT2D eigenvalue weighted by atomic mass is 10.1. The van der Waals surface area contributed by atoms with Gasteiger partial charge in [0.15, 0.2) is 5.76 Å². The molecule has 3 aromatic rings. The lowest BCUT2D eigenvalue weighted by Crippen LogP contribution is -2.06. The molecule has 25 heavy (non-hydrogen) atoms. The summed E-state index contributed by atoms with van der Waals surface area (Å²) in [6, 6.07) is 14.7. The fraction of sp³-hybridized carbons (Fsp3) is 0.200. The molecule has 0 atom stereocenters. The molecule has 0 saturated carbocycles. The average Bonchev–Trinajstić information content (AvgIpc) is 3.11. The fourth-order valence-corrected chi connectivity index (χ4v) is 2.36. The molecular formula is C20H19NO4. The number of aryl methyl sites for hydroxylation is 2. The van der Waals surface area contributed by atoms with Crippen LogP contribution in [0.2, 0.25) is 0 Å². The summed E-state index contributed by atoms with van der Waals surface area (Å²) in [5, 5.41) is 3.95. The monoisotopic (exact) mass is 337 g/mol. The first-order valence-corrected chi connectivity index (χ1v) is 7.91. The van der Waals surface area contributed by atoms with Crippen LogP contribution in [-0.2, 0) is 11.3 Å². The van der Waals surface area contributed by atoms with E-state index < -0.39 is 0 Å². The van der Waals surface area contributed by atoms with E-state index in [0.717, 1.165) is 22.4 Å². The molecule has 5 heteroatoms. The summed E-state index contributed by atoms with van der Waals surface area (Å²) in [5.41, 5.74) is 4.15. The molecule has 1 heterocycles. The van der Waals surface area contributed by atoms with Gasteiger partial charge in [0.2, 0.25) is 0 Å². The molecule has 5 nitrogen and oxygen atoms in total. The molecule has 0 unspecified atom stereocenters. The van der Waals surface area contributed by atoms with Gasteiger partial charge < -0.3 is 14.0 Å². The second kappa shape index (κ2) is 7.21. The average molecular weight is 337 g/mol. The highest BCUT2D eigenvalue weighted by molar-refractivity contribution is 5.89. The largest absolute Gasteiger partial charge is 0.497 e. The number of methoxy groups -OCH3 is 1. The summed E-state index contributed by atoms with van der Waals surface area (Å²) in [6.07, 6.45) is 0. The minimum Gasteiger partial charge on any atom is -0.497 e. The van der Waals surface area contributed by atoms with Crippen molar-refractivity contribution < 1.29 is 18.8 Å². The Kier molecular flexibility index (Phi) is 4.84. The number of carbonyl (C=O) groups excluding carboxylic acids is 1. The number of nitrogens with zero attached hydrogens (tertiary/aromatic N) is 1. The van der Waals surface area contributed by atoms with E-state index in [1.54, 1.807) is 19.2 Å². The molecule has 2 aromatic carbocycles. The van der Waals surface area contributed by atoms with Crippen LogP contribution < -0.4 is 4.74 Å². The highest BCUT2D eigenvalue weighted by Gasteiger charge is 2.12. The smallest absolute Gasteiger partial charge is 0.338 e. The molecule has 0 bridgehead atoms. The van der Waals surface area contributed by atoms with Crippen molar-refractivity contribution in [3.05, 3.63) is 70.9 Å². The molecular weight excluding hydrogens is 318 g/mol. The van der Waals surface area contributed by atoms with Crippen molar-refractivity contribution in [2.75, 3.05) is 7.11 Å². The van der Waals surface area contributed by atoms with Crippen LogP contribution in [0.1, 0.15) is 27.2 Å². The predicted molar refractivity (Wildman–Crippen MR) is 93.5 cm³/mol. The van der Waals surface area contributed by atoms with Crippen molar-refractivity contribution in [1.82, 2.24) is 5.16 Å². The third-order valence-corrected chi connectivity index (χ3v) is 4.03. The van der Waals surface area contributed by atoms with Gasteiger partial charge >= 0.3 is 5.97 Å². The highest BCUT2D eigenvalue weighted by Crippen LogP contribution is 2.23. The van der Waals surface area contributed by atoms with E-state index in [-0.39, 0.29) is 12.6 Å². The Balaban J connectivity index is 1.64. The van der Waals surface area contributed by atoms with Gasteiger partial charge in [-0.3, -0.25) is 0 Å². The van der Waals surface area contributed by atoms with E-state index in [1.165, 1.54) is 0 Å². The van der Waals surface area contributed by atoms with Crippen LogP contribution >= 0.6 is 0 Å². The molecule has 3 rings (SSSR count). The van der Waals surface area contributed by atoms with Crippen LogP contribution in [0.4, 0.5) is 0 Å². The molecule has 0 N–H and O–H groups in total. The van der Waals surface area contributed by atoms with Crippen LogP contribution in [-0.4, -0.2) is 18.2 Å². The van der Waals surface area contributed by atoms with Crippen LogP contribution in [0.3, 0.4) is 0 Å². The number of hydrogen-bond donors (Lipinski definition) is 0. The molecule has 0 amide bonds. The molecule has 0 radical (unpaired) electrons. The van der Waals surface area contributed by atoms with Gasteiger partial charge in [-0.25, -0.2) is 4.79 Å². The van der Waals surface area contributed by atoms with Gasteiger partial charge in [0.1, 0.15) is 18.1 Å². The van der Waals surface area contributed by atoms with Crippen molar-refractivity contribution in [2.45, 2.75) is 20.5 Å². The first-order chi connectivity index (χ1) is 12.1. The van der Waals surface area contributed by atoms with E-state index in [0.29, 0.717) is 17.0 Å². The molecule has 0 aliphatic heterocycles. The molecule has 0 fully saturated rings. The third-order valence-electron chi connectivity index (χ3n) is 4.03. The van der Waals surface area contributed by atoms with Crippen LogP contribution in [0.5, 0.6) is 5.75 Å². The second-order valence-corrected chi connectivity index (χ2v) is 5.79. The minimum absolute atomic E-state index is 0.0609. The number of rotatable bonds is 5. The SMILES string of the molecule is COc1ccc(-c2cc(COC(=O)c3ccc(C)c(C)c3)no2)cc1. The van der Waals surface area contributed by atoms with E-state index in [2.05, 4.69) is 5.16 Å². The molecule has 128 valence electrons. The number of esters is 1. The number of hydrogen-bond acceptors (Lipinski definition) is 5. The van der Waals surface area contributed by atoms with Gasteiger partial charge in [-0.15, -0.1) is 0 Å². The lowest BCUT2D eigenvalue weighted by Gasteiger charge is -2.05. The Labute approximate surface area is 146 Å². The van der Waals surface area contributed by atoms with Crippen molar-refractivity contribution in [2.24, 2.45) is 0 Å². The topological polar surface area (TPSA) is 61.6 Å². The van der Waals surface area contributed by atoms with Gasteiger partial charge in [-0.2, -0.15) is 0 Å². The van der Waals surface area contributed by atoms with E-state index in [1.807, 2.05) is 50.2 Å². The number of carbonyl (C=O) groups is 1. The fourth-order valence-electron chi connectivity index (χ4n) is 2.36. The van der Waals surface area contributed by atoms with Gasteiger partial charge in [0.25, 0.3) is 0 Å². The zero-order valence-electron chi connectivity index (χ0n) is 14.4. The Morgan fingerprint density at radius 3 is 2.48 bits per heavy atom. The summed E-state index contributed by atoms with van der Waals surface area (Å²) >= 11 is 0. The molecule has 0 aliphatic carbocycles. The van der Waals surface area contributed by atoms with Gasteiger partial charge in [0, 0.05) is 11.6 Å². The maximum absolute atomic E-state index is 12.1. The molecule has 0 saturated heterocycles. The van der Waals surface area contributed by atoms with Crippen molar-refractivity contribution in [1.29, 1.82) is 0 Å². The summed E-state index contributed by atoms with van der Waals surface area (Å²) in [5.74, 6) is 1.00. The summed E-state index contributed by atoms with van der Waals surface area (Å²) in [6.45, 7) is 4.02. The molecule has 0 aliphatic rings. The first kappa shape index (κ1) is 16.8. The van der Waals surface area contributed by atoms with E-state index in [4.69, 9.17) is 14.0 Å². The predicted octanol–water partition coefficient (Wildman–Crippen LogP) is 4.32. The van der Waals surface area contributed by atoms with E-state index in [9.17, 15) is 4.79 Å². The highest BCUT2D eigenvalue weighted by atomic mass is 16.5. The standard InChI is InChI=1S/C20H19NO4/c1-13-4-5-16(10-14(13)2)20(22)24-12-17-11-19(25-21-17)15-6-8-18(23-3)9-7-15/h4-11H,12H2,1-3H3. The maximum atomic E-state index is 12.1. The summed E-state index contributed by atoms with van der Waals surface area (Å²) in [7, 11) is 1.62. The Bertz CT molecular complexity index is 881. The zero-order valence-corrected chi connectivity index (χ0v) is 14.4. The molecule has 1 aromatic heterocycles. The summed E-state index contributed by atoms with van der Waals surface area (Å²) < 4.78 is 15.8. The van der Waals surface area contributed by atoms with Gasteiger partial charge in [-0.1, -0.05) is 11.2 Å². The number of aromatic nitrogens is 1. The first-order valence-electron chi connectivity index (χ1n) is 7.91. The van der Waals surface area contributed by atoms with E-state index >= 15 is 0 Å². The van der Waals surface area contributed by atoms with Crippen molar-refractivity contribution in [3.63, 3.8) is 0 Å². The van der Waals surface area contributed by atoms with Gasteiger partial charge in [-0.05, 0) is 61.4 Å². The Morgan fingerprint density at radius 1 is 1.04 bits per heavy atom. The second-order valence-electron chi connectivity index (χ2n) is 5.79. The van der Waals surface area contributed by atoms with Gasteiger partial charge in [0.05, 0.1) is 12.7 Å². The van der Waals surface area contributed by atoms with Crippen molar-refractivity contribution >= 4 is 5.97 Å². The Morgan fingerprint density at radius 2 is 1.80 bits per heavy atom. The minimum atomic E-state index is -0.378. The third kappa shape index (κ3) is 3.88. The summed E-state index contributed by atoms with van der Waals surface area (Å²) in [4.78, 5) is 12.1. The zero-order chi connectivity index (χ0) is 17.8.